The van der Waals surface area contributed by atoms with Gasteiger partial charge in [-0.2, -0.15) is 0 Å². The largest absolute Gasteiger partial charge is 0.480 e. The van der Waals surface area contributed by atoms with Crippen LogP contribution in [0, 0.1) is 5.92 Å². The number of carboxylic acid groups (broad SMARTS) is 1. The third-order valence-corrected chi connectivity index (χ3v) is 5.30. The van der Waals surface area contributed by atoms with Crippen LogP contribution in [0.15, 0.2) is 12.5 Å². The van der Waals surface area contributed by atoms with Crippen molar-refractivity contribution in [3.8, 4) is 0 Å². The average Bonchev–Trinajstić information content (AvgIpc) is 3.28. The van der Waals surface area contributed by atoms with Crippen molar-refractivity contribution in [3.63, 3.8) is 0 Å². The number of amides is 3. The normalized spacial score (nSPS) is 15.5. The summed E-state index contributed by atoms with van der Waals surface area (Å²) in [6, 6.07) is -4.60. The Morgan fingerprint density at radius 3 is 2.20 bits per heavy atom. The van der Waals surface area contributed by atoms with Crippen molar-refractivity contribution >= 4 is 23.7 Å². The molecular formula is C22H39N7O6. The van der Waals surface area contributed by atoms with Gasteiger partial charge in [0.05, 0.1) is 18.5 Å². The number of aromatic amines is 1. The number of aliphatic carboxylic acids is 1. The number of imidazole rings is 1. The van der Waals surface area contributed by atoms with Gasteiger partial charge in [-0.3, -0.25) is 14.4 Å². The van der Waals surface area contributed by atoms with Gasteiger partial charge in [0.25, 0.3) is 0 Å². The fraction of sp³-hybridized carbons (Fsp3) is 0.682. The highest BCUT2D eigenvalue weighted by atomic mass is 16.4. The zero-order valence-electron chi connectivity index (χ0n) is 20.5. The second kappa shape index (κ2) is 15.1. The molecule has 0 aromatic carbocycles. The molecule has 35 heavy (non-hydrogen) atoms. The fourth-order valence-electron chi connectivity index (χ4n) is 3.39. The molecule has 10 N–H and O–H groups in total. The molecule has 0 aliphatic rings. The van der Waals surface area contributed by atoms with E-state index in [1.165, 1.54) is 19.4 Å². The fourth-order valence-corrected chi connectivity index (χ4v) is 3.39. The number of hydrogen-bond acceptors (Lipinski definition) is 8. The number of H-pyrrole nitrogens is 1. The molecule has 13 nitrogen and oxygen atoms in total. The van der Waals surface area contributed by atoms with Crippen molar-refractivity contribution < 1.29 is 29.4 Å². The first kappa shape index (κ1) is 30.0. The molecule has 0 aliphatic heterocycles. The number of carboxylic acids is 1. The van der Waals surface area contributed by atoms with Crippen molar-refractivity contribution in [2.24, 2.45) is 17.4 Å². The second-order valence-electron chi connectivity index (χ2n) is 8.99. The van der Waals surface area contributed by atoms with Crippen LogP contribution >= 0.6 is 0 Å². The molecule has 0 saturated heterocycles. The van der Waals surface area contributed by atoms with E-state index in [0.717, 1.165) is 0 Å². The van der Waals surface area contributed by atoms with Crippen LogP contribution in [-0.2, 0) is 25.6 Å². The minimum atomic E-state index is -1.45. The van der Waals surface area contributed by atoms with Crippen molar-refractivity contribution in [3.05, 3.63) is 18.2 Å². The molecule has 1 rings (SSSR count). The van der Waals surface area contributed by atoms with Gasteiger partial charge >= 0.3 is 5.97 Å². The zero-order valence-corrected chi connectivity index (χ0v) is 20.5. The van der Waals surface area contributed by atoms with Crippen LogP contribution in [-0.4, -0.2) is 80.7 Å². The number of carbonyl (C=O) groups is 4. The van der Waals surface area contributed by atoms with Gasteiger partial charge < -0.3 is 42.6 Å². The Bertz CT molecular complexity index is 815. The lowest BCUT2D eigenvalue weighted by molar-refractivity contribution is -0.143. The highest BCUT2D eigenvalue weighted by molar-refractivity contribution is 5.94. The standard InChI is InChI=1S/C22H39N7O6/c1-12(2)8-15(24)19(31)27-16(6-4-5-7-23)20(32)29-18(13(3)30)21(33)28-17(22(34)35)9-14-10-25-11-26-14/h10-13,15-18,30H,4-9,23-24H2,1-3H3,(H,25,26)(H,27,31)(H,28,33)(H,29,32)(H,34,35). The number of aromatic nitrogens is 2. The van der Waals surface area contributed by atoms with E-state index < -0.39 is 54.0 Å². The number of aliphatic hydroxyl groups excluding tert-OH is 1. The lowest BCUT2D eigenvalue weighted by atomic mass is 10.0. The minimum absolute atomic E-state index is 0.0763. The van der Waals surface area contributed by atoms with Crippen LogP contribution in [0.3, 0.4) is 0 Å². The Kier molecular flexibility index (Phi) is 12.9. The molecule has 0 radical (unpaired) electrons. The lowest BCUT2D eigenvalue weighted by Crippen LogP contribution is -2.60. The van der Waals surface area contributed by atoms with E-state index in [1.807, 2.05) is 13.8 Å². The zero-order chi connectivity index (χ0) is 26.5. The molecule has 1 aromatic heterocycles. The molecule has 0 spiro atoms. The van der Waals surface area contributed by atoms with E-state index in [1.54, 1.807) is 0 Å². The highest BCUT2D eigenvalue weighted by Crippen LogP contribution is 2.07. The van der Waals surface area contributed by atoms with Gasteiger partial charge in [-0.1, -0.05) is 13.8 Å². The Labute approximate surface area is 204 Å². The first-order valence-corrected chi connectivity index (χ1v) is 11.7. The summed E-state index contributed by atoms with van der Waals surface area (Å²) in [6.07, 6.45) is 3.20. The molecule has 3 amide bonds. The second-order valence-corrected chi connectivity index (χ2v) is 8.99. The Morgan fingerprint density at radius 2 is 1.69 bits per heavy atom. The van der Waals surface area contributed by atoms with E-state index in [-0.39, 0.29) is 18.8 Å². The minimum Gasteiger partial charge on any atom is -0.480 e. The first-order valence-electron chi connectivity index (χ1n) is 11.7. The molecule has 5 unspecified atom stereocenters. The van der Waals surface area contributed by atoms with Crippen LogP contribution in [0.5, 0.6) is 0 Å². The van der Waals surface area contributed by atoms with Crippen LogP contribution in [0.2, 0.25) is 0 Å². The van der Waals surface area contributed by atoms with Gasteiger partial charge in [0.2, 0.25) is 17.7 Å². The monoisotopic (exact) mass is 497 g/mol. The number of nitrogens with two attached hydrogens (primary N) is 2. The summed E-state index contributed by atoms with van der Waals surface area (Å²) in [5, 5.41) is 27.0. The summed E-state index contributed by atoms with van der Waals surface area (Å²) in [6.45, 7) is 5.53. The Hall–Kier alpha value is -3.03. The van der Waals surface area contributed by atoms with Crippen molar-refractivity contribution in [1.82, 2.24) is 25.9 Å². The van der Waals surface area contributed by atoms with Crippen molar-refractivity contribution in [2.45, 2.75) is 83.1 Å². The van der Waals surface area contributed by atoms with E-state index in [0.29, 0.717) is 31.5 Å². The summed E-state index contributed by atoms with van der Waals surface area (Å²) in [4.78, 5) is 56.5. The predicted molar refractivity (Wildman–Crippen MR) is 128 cm³/mol. The van der Waals surface area contributed by atoms with E-state index in [4.69, 9.17) is 11.5 Å². The van der Waals surface area contributed by atoms with Crippen LogP contribution in [0.1, 0.15) is 52.1 Å². The summed E-state index contributed by atoms with van der Waals surface area (Å²) in [5.41, 5.74) is 11.9. The van der Waals surface area contributed by atoms with Crippen molar-refractivity contribution in [2.75, 3.05) is 6.54 Å². The number of nitrogens with zero attached hydrogens (tertiary/aromatic N) is 1. The third kappa shape index (κ3) is 10.8. The van der Waals surface area contributed by atoms with E-state index >= 15 is 0 Å². The molecule has 0 aliphatic carbocycles. The maximum Gasteiger partial charge on any atom is 0.326 e. The lowest BCUT2D eigenvalue weighted by Gasteiger charge is -2.26. The third-order valence-electron chi connectivity index (χ3n) is 5.30. The molecule has 5 atom stereocenters. The van der Waals surface area contributed by atoms with Crippen LogP contribution in [0.25, 0.3) is 0 Å². The number of carbonyl (C=O) groups excluding carboxylic acids is 3. The molecule has 0 bridgehead atoms. The SMILES string of the molecule is CC(C)CC(N)C(=O)NC(CCCCN)C(=O)NC(C(=O)NC(Cc1cnc[nH]1)C(=O)O)C(C)O. The Balaban J connectivity index is 2.92. The molecule has 1 aromatic rings. The van der Waals surface area contributed by atoms with Crippen LogP contribution in [0.4, 0.5) is 0 Å². The average molecular weight is 498 g/mol. The van der Waals surface area contributed by atoms with E-state index in [2.05, 4.69) is 25.9 Å². The van der Waals surface area contributed by atoms with Gasteiger partial charge in [0.15, 0.2) is 0 Å². The number of hydrogen-bond donors (Lipinski definition) is 8. The topological polar surface area (TPSA) is 226 Å². The summed E-state index contributed by atoms with van der Waals surface area (Å²) in [7, 11) is 0. The maximum absolute atomic E-state index is 13.0. The van der Waals surface area contributed by atoms with E-state index in [9.17, 15) is 29.4 Å². The van der Waals surface area contributed by atoms with Gasteiger partial charge in [-0.05, 0) is 45.1 Å². The number of aliphatic hydroxyl groups is 1. The smallest absolute Gasteiger partial charge is 0.326 e. The molecule has 0 fully saturated rings. The number of nitrogens with one attached hydrogen (secondary N) is 4. The van der Waals surface area contributed by atoms with Crippen LogP contribution < -0.4 is 27.4 Å². The molecule has 0 saturated carbocycles. The molecule has 1 heterocycles. The van der Waals surface area contributed by atoms with Gasteiger partial charge in [-0.25, -0.2) is 9.78 Å². The highest BCUT2D eigenvalue weighted by Gasteiger charge is 2.32. The molecule has 13 heteroatoms. The van der Waals surface area contributed by atoms with Gasteiger partial charge in [0.1, 0.15) is 18.1 Å². The summed E-state index contributed by atoms with van der Waals surface area (Å²) >= 11 is 0. The number of rotatable bonds is 16. The number of unbranched alkanes of at least 4 members (excludes halogenated alkanes) is 1. The summed E-state index contributed by atoms with van der Waals surface area (Å²) < 4.78 is 0. The van der Waals surface area contributed by atoms with Crippen molar-refractivity contribution in [1.29, 1.82) is 0 Å². The Morgan fingerprint density at radius 1 is 1.03 bits per heavy atom. The summed E-state index contributed by atoms with van der Waals surface area (Å²) in [5.74, 6) is -3.21. The maximum atomic E-state index is 13.0. The van der Waals surface area contributed by atoms with Gasteiger partial charge in [-0.15, -0.1) is 0 Å². The van der Waals surface area contributed by atoms with Gasteiger partial charge in [0, 0.05) is 18.3 Å². The molecular weight excluding hydrogens is 458 g/mol. The first-order chi connectivity index (χ1) is 16.5. The quantitative estimate of drug-likeness (QED) is 0.123. The predicted octanol–water partition coefficient (Wildman–Crippen LogP) is -1.63. The molecule has 198 valence electrons.